The summed E-state index contributed by atoms with van der Waals surface area (Å²) in [6, 6.07) is 5.17. The molecule has 1 aromatic heterocycles. The van der Waals surface area contributed by atoms with E-state index in [1.54, 1.807) is 7.05 Å². The Morgan fingerprint density at radius 2 is 1.97 bits per heavy atom. The Kier molecular flexibility index (Phi) is 8.62. The number of likely N-dealkylation sites (N-methyl/N-ethyl adjacent to an activating group) is 1. The summed E-state index contributed by atoms with van der Waals surface area (Å²) in [5.41, 5.74) is 4.32. The summed E-state index contributed by atoms with van der Waals surface area (Å²) in [7, 11) is 3.69. The van der Waals surface area contributed by atoms with Crippen molar-refractivity contribution in [2.24, 2.45) is 18.9 Å². The molecule has 7 nitrogen and oxygen atoms in total. The Bertz CT molecular complexity index is 1080. The second-order valence-corrected chi connectivity index (χ2v) is 10.2. The first-order valence-electron chi connectivity index (χ1n) is 12.9. The van der Waals surface area contributed by atoms with Crippen molar-refractivity contribution in [1.82, 2.24) is 14.8 Å². The minimum absolute atomic E-state index is 0.0472. The van der Waals surface area contributed by atoms with Crippen LogP contribution in [-0.4, -0.2) is 72.3 Å². The summed E-state index contributed by atoms with van der Waals surface area (Å²) in [6.07, 6.45) is 2.97. The van der Waals surface area contributed by atoms with Gasteiger partial charge in [-0.15, -0.1) is 0 Å². The van der Waals surface area contributed by atoms with E-state index in [1.165, 1.54) is 22.6 Å². The number of fused-ring (bicyclic) bond motifs is 3. The van der Waals surface area contributed by atoms with Gasteiger partial charge in [-0.1, -0.05) is 0 Å². The zero-order valence-electron chi connectivity index (χ0n) is 21.1. The molecule has 2 heterocycles. The number of rotatable bonds is 9. The number of amides is 2. The Balaban J connectivity index is 1.49. The van der Waals surface area contributed by atoms with Crippen LogP contribution in [0.15, 0.2) is 18.2 Å². The lowest BCUT2D eigenvalue weighted by Crippen LogP contribution is -2.40. The Hall–Kier alpha value is -2.52. The molecule has 1 fully saturated rings. The molecule has 0 bridgehead atoms. The third-order valence-electron chi connectivity index (χ3n) is 8.07. The number of aryl methyl sites for hydroxylation is 1. The fourth-order valence-electron chi connectivity index (χ4n) is 5.88. The maximum Gasteiger partial charge on any atom is 0.255 e. The van der Waals surface area contributed by atoms with E-state index in [1.807, 2.05) is 18.2 Å². The van der Waals surface area contributed by atoms with E-state index in [9.17, 15) is 23.5 Å². The molecule has 1 aliphatic carbocycles. The number of nitrogens with one attached hydrogen (secondary N) is 1. The molecule has 2 aromatic rings. The minimum atomic E-state index is -2.61. The number of benzene rings is 1. The minimum Gasteiger partial charge on any atom is -0.394 e. The number of ether oxygens (including phenoxy) is 1. The first-order valence-corrected chi connectivity index (χ1v) is 12.9. The van der Waals surface area contributed by atoms with Crippen molar-refractivity contribution in [2.45, 2.75) is 57.4 Å². The summed E-state index contributed by atoms with van der Waals surface area (Å²) in [5.74, 6) is 0.551. The van der Waals surface area contributed by atoms with Crippen LogP contribution in [0.4, 0.5) is 8.78 Å². The molecular weight excluding hydrogens is 468 g/mol. The van der Waals surface area contributed by atoms with Gasteiger partial charge in [-0.05, 0) is 74.1 Å². The van der Waals surface area contributed by atoms with Crippen LogP contribution in [0.5, 0.6) is 0 Å². The van der Waals surface area contributed by atoms with E-state index in [0.717, 1.165) is 49.8 Å². The Labute approximate surface area is 210 Å². The van der Waals surface area contributed by atoms with E-state index >= 15 is 0 Å². The third kappa shape index (κ3) is 5.72. The molecule has 2 atom stereocenters. The predicted octanol–water partition coefficient (Wildman–Crippen LogP) is 3.30. The normalized spacial score (nSPS) is 19.3. The SMILES string of the molecule is CN(C(=O)c1ccc2c(c1)c1c(n2C)CCC(C2CCOCC2)C1)C(CO)CCC(=O)NCC(F)F. The first kappa shape index (κ1) is 26.5. The number of alkyl halides is 2. The summed E-state index contributed by atoms with van der Waals surface area (Å²) >= 11 is 0. The van der Waals surface area contributed by atoms with Crippen LogP contribution < -0.4 is 5.32 Å². The van der Waals surface area contributed by atoms with Crippen molar-refractivity contribution in [3.63, 3.8) is 0 Å². The lowest BCUT2D eigenvalue weighted by atomic mass is 9.75. The van der Waals surface area contributed by atoms with Crippen molar-refractivity contribution in [2.75, 3.05) is 33.4 Å². The van der Waals surface area contributed by atoms with Crippen LogP contribution in [0, 0.1) is 11.8 Å². The van der Waals surface area contributed by atoms with Gasteiger partial charge in [0, 0.05) is 55.9 Å². The van der Waals surface area contributed by atoms with Gasteiger partial charge in [0.05, 0.1) is 19.2 Å². The number of carbonyl (C=O) groups excluding carboxylic acids is 2. The number of aromatic nitrogens is 1. The summed E-state index contributed by atoms with van der Waals surface area (Å²) in [4.78, 5) is 26.6. The van der Waals surface area contributed by atoms with Gasteiger partial charge in [0.1, 0.15) is 0 Å². The second kappa shape index (κ2) is 11.7. The summed E-state index contributed by atoms with van der Waals surface area (Å²) < 4.78 is 32.4. The lowest BCUT2D eigenvalue weighted by Gasteiger charge is -2.33. The van der Waals surface area contributed by atoms with Crippen LogP contribution in [0.2, 0.25) is 0 Å². The molecule has 198 valence electrons. The fourth-order valence-corrected chi connectivity index (χ4v) is 5.88. The Morgan fingerprint density at radius 3 is 2.67 bits per heavy atom. The molecule has 0 spiro atoms. The summed E-state index contributed by atoms with van der Waals surface area (Å²) in [5, 5.41) is 13.1. The van der Waals surface area contributed by atoms with Gasteiger partial charge in [-0.25, -0.2) is 8.78 Å². The quantitative estimate of drug-likeness (QED) is 0.548. The van der Waals surface area contributed by atoms with Crippen LogP contribution in [0.3, 0.4) is 0 Å². The monoisotopic (exact) mass is 505 g/mol. The molecule has 2 unspecified atom stereocenters. The van der Waals surface area contributed by atoms with E-state index in [2.05, 4.69) is 16.9 Å². The van der Waals surface area contributed by atoms with Crippen molar-refractivity contribution in [3.05, 3.63) is 35.0 Å². The molecule has 36 heavy (non-hydrogen) atoms. The first-order chi connectivity index (χ1) is 17.3. The predicted molar refractivity (Wildman–Crippen MR) is 133 cm³/mol. The van der Waals surface area contributed by atoms with Crippen LogP contribution in [0.25, 0.3) is 10.9 Å². The summed E-state index contributed by atoms with van der Waals surface area (Å²) in [6.45, 7) is 0.664. The number of halogens is 2. The maximum absolute atomic E-state index is 13.3. The van der Waals surface area contributed by atoms with Crippen molar-refractivity contribution in [1.29, 1.82) is 0 Å². The number of hydrogen-bond donors (Lipinski definition) is 2. The van der Waals surface area contributed by atoms with Gasteiger partial charge in [-0.2, -0.15) is 0 Å². The Morgan fingerprint density at radius 1 is 1.22 bits per heavy atom. The smallest absolute Gasteiger partial charge is 0.255 e. The molecule has 9 heteroatoms. The van der Waals surface area contributed by atoms with Gasteiger partial charge < -0.3 is 24.6 Å². The van der Waals surface area contributed by atoms with Gasteiger partial charge >= 0.3 is 0 Å². The second-order valence-electron chi connectivity index (χ2n) is 10.2. The third-order valence-corrected chi connectivity index (χ3v) is 8.07. The van der Waals surface area contributed by atoms with Gasteiger partial charge in [-0.3, -0.25) is 9.59 Å². The maximum atomic E-state index is 13.3. The van der Waals surface area contributed by atoms with Crippen molar-refractivity contribution >= 4 is 22.7 Å². The fraction of sp³-hybridized carbons (Fsp3) is 0.630. The highest BCUT2D eigenvalue weighted by molar-refractivity contribution is 5.99. The highest BCUT2D eigenvalue weighted by Gasteiger charge is 2.31. The largest absolute Gasteiger partial charge is 0.394 e. The molecule has 2 amide bonds. The zero-order valence-corrected chi connectivity index (χ0v) is 21.1. The standard InChI is InChI=1S/C27H37F2N3O4/c1-31(20(16-33)5-8-26(34)30-15-25(28)29)27(35)19-4-7-24-22(14-19)21-13-18(3-6-23(21)32(24)2)17-9-11-36-12-10-17/h4,7,14,17-18,20,25,33H,3,5-6,8-13,15-16H2,1-2H3,(H,30,34). The number of nitrogens with zero attached hydrogens (tertiary/aromatic N) is 2. The van der Waals surface area contributed by atoms with Crippen molar-refractivity contribution < 1.29 is 28.2 Å². The van der Waals surface area contributed by atoms with Crippen molar-refractivity contribution in [3.8, 4) is 0 Å². The number of aliphatic hydroxyl groups is 1. The molecule has 0 saturated carbocycles. The molecule has 2 N–H and O–H groups in total. The van der Waals surface area contributed by atoms with Gasteiger partial charge in [0.25, 0.3) is 12.3 Å². The van der Waals surface area contributed by atoms with E-state index < -0.39 is 24.9 Å². The highest BCUT2D eigenvalue weighted by atomic mass is 19.3. The highest BCUT2D eigenvalue weighted by Crippen LogP contribution is 2.39. The average Bonchev–Trinajstić information content (AvgIpc) is 3.18. The lowest BCUT2D eigenvalue weighted by molar-refractivity contribution is -0.122. The molecule has 1 aliphatic heterocycles. The molecule has 1 saturated heterocycles. The molecule has 2 aliphatic rings. The molecular formula is C27H37F2N3O4. The molecule has 0 radical (unpaired) electrons. The number of carbonyl (C=O) groups is 2. The van der Waals surface area contributed by atoms with Crippen LogP contribution in [-0.2, 0) is 29.4 Å². The molecule has 1 aromatic carbocycles. The van der Waals surface area contributed by atoms with Crippen LogP contribution in [0.1, 0.15) is 53.7 Å². The van der Waals surface area contributed by atoms with E-state index in [0.29, 0.717) is 17.4 Å². The topological polar surface area (TPSA) is 83.8 Å². The number of hydrogen-bond acceptors (Lipinski definition) is 4. The average molecular weight is 506 g/mol. The molecule has 4 rings (SSSR count). The zero-order chi connectivity index (χ0) is 25.8. The van der Waals surface area contributed by atoms with Crippen LogP contribution >= 0.6 is 0 Å². The van der Waals surface area contributed by atoms with E-state index in [-0.39, 0.29) is 25.4 Å². The van der Waals surface area contributed by atoms with Gasteiger partial charge in [0.2, 0.25) is 5.91 Å². The number of aliphatic hydroxyl groups excluding tert-OH is 1. The van der Waals surface area contributed by atoms with Gasteiger partial charge in [0.15, 0.2) is 0 Å². The van der Waals surface area contributed by atoms with E-state index in [4.69, 9.17) is 4.74 Å².